The van der Waals surface area contributed by atoms with Crippen LogP contribution < -0.4 is 0 Å². The largest absolute Gasteiger partial charge is 0.372 e. The van der Waals surface area contributed by atoms with Gasteiger partial charge in [-0.2, -0.15) is 0 Å². The number of hydrogen-bond donors (Lipinski definition) is 0. The number of carbonyl (C=O) groups is 1. The van der Waals surface area contributed by atoms with Crippen LogP contribution >= 0.6 is 0 Å². The van der Waals surface area contributed by atoms with Gasteiger partial charge in [0.2, 0.25) is 0 Å². The highest BCUT2D eigenvalue weighted by atomic mass is 16.5. The van der Waals surface area contributed by atoms with Crippen LogP contribution in [0.15, 0.2) is 0 Å². The van der Waals surface area contributed by atoms with E-state index in [1.807, 2.05) is 0 Å². The molecule has 0 saturated carbocycles. The lowest BCUT2D eigenvalue weighted by Crippen LogP contribution is -2.38. The molecule has 0 N–H and O–H groups in total. The van der Waals surface area contributed by atoms with Gasteiger partial charge >= 0.3 is 0 Å². The topological polar surface area (TPSA) is 29.5 Å². The molecule has 0 aromatic heterocycles. The van der Waals surface area contributed by atoms with Crippen LogP contribution in [0.1, 0.15) is 33.6 Å². The number of carbonyl (C=O) groups excluding carboxylic acids is 1. The number of likely N-dealkylation sites (tertiary alicyclic amines) is 1. The average Bonchev–Trinajstić information content (AvgIpc) is 2.51. The zero-order chi connectivity index (χ0) is 10.6. The van der Waals surface area contributed by atoms with Crippen molar-refractivity contribution in [1.29, 1.82) is 0 Å². The minimum absolute atomic E-state index is 0.110. The number of hydrogen-bond acceptors (Lipinski definition) is 3. The summed E-state index contributed by atoms with van der Waals surface area (Å²) in [7, 11) is 0. The number of nitrogens with zero attached hydrogens (tertiary/aromatic N) is 1. The first-order chi connectivity index (χ1) is 6.61. The predicted molar refractivity (Wildman–Crippen MR) is 56.4 cm³/mol. The Balaban J connectivity index is 2.25. The molecule has 0 bridgehead atoms. The van der Waals surface area contributed by atoms with Crippen molar-refractivity contribution >= 4 is 5.78 Å². The lowest BCUT2D eigenvalue weighted by molar-refractivity contribution is -0.122. The molecule has 0 aromatic rings. The summed E-state index contributed by atoms with van der Waals surface area (Å²) in [5.74, 6) is 0.110. The molecule has 82 valence electrons. The van der Waals surface area contributed by atoms with E-state index in [1.165, 1.54) is 19.4 Å². The molecular formula is C11H21NO2. The van der Waals surface area contributed by atoms with E-state index in [2.05, 4.69) is 18.7 Å². The molecule has 1 fully saturated rings. The molecule has 0 spiro atoms. The zero-order valence-electron chi connectivity index (χ0n) is 9.45. The standard InChI is InChI=1S/C11H21NO2/c1-9(2)12-6-4-5-11(12)8-14-7-10(3)13/h9,11H,4-8H2,1-3H3/t11-/m0/s1. The Labute approximate surface area is 86.4 Å². The Bertz CT molecular complexity index is 192. The average molecular weight is 199 g/mol. The van der Waals surface area contributed by atoms with Gasteiger partial charge in [-0.25, -0.2) is 0 Å². The highest BCUT2D eigenvalue weighted by Crippen LogP contribution is 2.19. The van der Waals surface area contributed by atoms with Gasteiger partial charge in [0.1, 0.15) is 6.61 Å². The summed E-state index contributed by atoms with van der Waals surface area (Å²) in [6.45, 7) is 8.13. The van der Waals surface area contributed by atoms with Crippen LogP contribution in [-0.2, 0) is 9.53 Å². The van der Waals surface area contributed by atoms with Crippen molar-refractivity contribution in [3.63, 3.8) is 0 Å². The van der Waals surface area contributed by atoms with E-state index in [-0.39, 0.29) is 12.4 Å². The molecule has 3 heteroatoms. The third kappa shape index (κ3) is 3.39. The molecule has 0 radical (unpaired) electrons. The van der Waals surface area contributed by atoms with Crippen molar-refractivity contribution in [3.8, 4) is 0 Å². The van der Waals surface area contributed by atoms with Gasteiger partial charge in [0.25, 0.3) is 0 Å². The maximum absolute atomic E-state index is 10.7. The first kappa shape index (κ1) is 11.7. The predicted octanol–water partition coefficient (Wildman–Crippen LogP) is 1.46. The molecule has 1 atom stereocenters. The smallest absolute Gasteiger partial charge is 0.155 e. The molecule has 1 heterocycles. The van der Waals surface area contributed by atoms with Gasteiger partial charge in [-0.3, -0.25) is 9.69 Å². The quantitative estimate of drug-likeness (QED) is 0.671. The molecule has 1 aliphatic rings. The van der Waals surface area contributed by atoms with Crippen molar-refractivity contribution < 1.29 is 9.53 Å². The van der Waals surface area contributed by atoms with E-state index in [0.717, 1.165) is 0 Å². The van der Waals surface area contributed by atoms with E-state index in [9.17, 15) is 4.79 Å². The number of Topliss-reactive ketones (excluding diaryl/α,β-unsaturated/α-hetero) is 1. The first-order valence-electron chi connectivity index (χ1n) is 5.44. The van der Waals surface area contributed by atoms with E-state index >= 15 is 0 Å². The maximum Gasteiger partial charge on any atom is 0.155 e. The summed E-state index contributed by atoms with van der Waals surface area (Å²) in [4.78, 5) is 13.2. The number of ketones is 1. The molecule has 3 nitrogen and oxygen atoms in total. The van der Waals surface area contributed by atoms with Crippen LogP contribution in [0.2, 0.25) is 0 Å². The Morgan fingerprint density at radius 1 is 1.57 bits per heavy atom. The lowest BCUT2D eigenvalue weighted by Gasteiger charge is -2.27. The summed E-state index contributed by atoms with van der Waals surface area (Å²) in [5, 5.41) is 0. The van der Waals surface area contributed by atoms with Crippen molar-refractivity contribution in [3.05, 3.63) is 0 Å². The molecule has 0 aliphatic carbocycles. The Hall–Kier alpha value is -0.410. The monoisotopic (exact) mass is 199 g/mol. The van der Waals surface area contributed by atoms with E-state index in [1.54, 1.807) is 6.92 Å². The van der Waals surface area contributed by atoms with Gasteiger partial charge in [-0.1, -0.05) is 0 Å². The van der Waals surface area contributed by atoms with Crippen molar-refractivity contribution in [1.82, 2.24) is 4.90 Å². The van der Waals surface area contributed by atoms with Gasteiger partial charge in [0.05, 0.1) is 6.61 Å². The van der Waals surface area contributed by atoms with Crippen LogP contribution in [-0.4, -0.2) is 42.5 Å². The van der Waals surface area contributed by atoms with Crippen molar-refractivity contribution in [2.75, 3.05) is 19.8 Å². The van der Waals surface area contributed by atoms with Gasteiger partial charge in [0.15, 0.2) is 5.78 Å². The fourth-order valence-corrected chi connectivity index (χ4v) is 2.06. The van der Waals surface area contributed by atoms with Crippen LogP contribution in [0.4, 0.5) is 0 Å². The van der Waals surface area contributed by atoms with Crippen molar-refractivity contribution in [2.24, 2.45) is 0 Å². The van der Waals surface area contributed by atoms with Crippen LogP contribution in [0, 0.1) is 0 Å². The minimum atomic E-state index is 0.110. The minimum Gasteiger partial charge on any atom is -0.372 e. The molecule has 1 rings (SSSR count). The van der Waals surface area contributed by atoms with Gasteiger partial charge in [0, 0.05) is 12.1 Å². The third-order valence-corrected chi connectivity index (χ3v) is 2.70. The molecule has 14 heavy (non-hydrogen) atoms. The van der Waals surface area contributed by atoms with E-state index in [4.69, 9.17) is 4.74 Å². The molecule has 0 amide bonds. The fourth-order valence-electron chi connectivity index (χ4n) is 2.06. The van der Waals surface area contributed by atoms with Crippen LogP contribution in [0.25, 0.3) is 0 Å². The molecule has 1 aliphatic heterocycles. The second kappa shape index (κ2) is 5.47. The van der Waals surface area contributed by atoms with Gasteiger partial charge in [-0.15, -0.1) is 0 Å². The highest BCUT2D eigenvalue weighted by molar-refractivity contribution is 5.76. The SMILES string of the molecule is CC(=O)COC[C@@H]1CCCN1C(C)C. The molecular weight excluding hydrogens is 178 g/mol. The van der Waals surface area contributed by atoms with E-state index < -0.39 is 0 Å². The maximum atomic E-state index is 10.7. The number of rotatable bonds is 5. The second-order valence-corrected chi connectivity index (χ2v) is 4.34. The molecule has 0 aromatic carbocycles. The summed E-state index contributed by atoms with van der Waals surface area (Å²) in [6.07, 6.45) is 2.46. The fraction of sp³-hybridized carbons (Fsp3) is 0.909. The summed E-state index contributed by atoms with van der Waals surface area (Å²) < 4.78 is 5.37. The Morgan fingerprint density at radius 2 is 2.29 bits per heavy atom. The van der Waals surface area contributed by atoms with E-state index in [0.29, 0.717) is 18.7 Å². The molecule has 0 unspecified atom stereocenters. The second-order valence-electron chi connectivity index (χ2n) is 4.34. The summed E-state index contributed by atoms with van der Waals surface area (Å²) >= 11 is 0. The van der Waals surface area contributed by atoms with Gasteiger partial charge < -0.3 is 4.74 Å². The first-order valence-corrected chi connectivity index (χ1v) is 5.44. The Morgan fingerprint density at radius 3 is 2.86 bits per heavy atom. The van der Waals surface area contributed by atoms with Gasteiger partial charge in [-0.05, 0) is 40.2 Å². The lowest BCUT2D eigenvalue weighted by atomic mass is 10.2. The number of ether oxygens (including phenoxy) is 1. The van der Waals surface area contributed by atoms with Crippen molar-refractivity contribution in [2.45, 2.75) is 45.7 Å². The zero-order valence-corrected chi connectivity index (χ0v) is 9.45. The highest BCUT2D eigenvalue weighted by Gasteiger charge is 2.26. The summed E-state index contributed by atoms with van der Waals surface area (Å²) in [5.41, 5.74) is 0. The Kier molecular flexibility index (Phi) is 4.55. The summed E-state index contributed by atoms with van der Waals surface area (Å²) in [6, 6.07) is 1.11. The van der Waals surface area contributed by atoms with Crippen LogP contribution in [0.5, 0.6) is 0 Å². The molecule has 1 saturated heterocycles. The van der Waals surface area contributed by atoms with Crippen LogP contribution in [0.3, 0.4) is 0 Å². The normalized spacial score (nSPS) is 23.3. The third-order valence-electron chi connectivity index (χ3n) is 2.70.